The van der Waals surface area contributed by atoms with Crippen LogP contribution in [-0.2, 0) is 19.1 Å². The van der Waals surface area contributed by atoms with Gasteiger partial charge in [0.25, 0.3) is 0 Å². The molecule has 0 rings (SSSR count). The van der Waals surface area contributed by atoms with Crippen LogP contribution >= 0.6 is 0 Å². The first-order chi connectivity index (χ1) is 12.7. The van der Waals surface area contributed by atoms with Gasteiger partial charge in [-0.2, -0.15) is 0 Å². The minimum Gasteiger partial charge on any atom is -0.468 e. The van der Waals surface area contributed by atoms with E-state index in [0.717, 1.165) is 38.5 Å². The number of esters is 1. The van der Waals surface area contributed by atoms with E-state index in [1.165, 1.54) is 13.5 Å². The van der Waals surface area contributed by atoms with Crippen LogP contribution in [0.4, 0.5) is 4.79 Å². The van der Waals surface area contributed by atoms with Crippen molar-refractivity contribution < 1.29 is 23.9 Å². The smallest absolute Gasteiger partial charge is 0.408 e. The topological polar surface area (TPSA) is 93.7 Å². The zero-order chi connectivity index (χ0) is 20.7. The third kappa shape index (κ3) is 14.8. The van der Waals surface area contributed by atoms with Gasteiger partial charge in [0.2, 0.25) is 5.91 Å². The van der Waals surface area contributed by atoms with E-state index in [1.54, 1.807) is 20.8 Å². The van der Waals surface area contributed by atoms with Crippen molar-refractivity contribution in [3.63, 3.8) is 0 Å². The number of rotatable bonds is 13. The van der Waals surface area contributed by atoms with E-state index in [9.17, 15) is 14.4 Å². The van der Waals surface area contributed by atoms with Crippen LogP contribution < -0.4 is 10.6 Å². The molecule has 0 heterocycles. The Morgan fingerprint density at radius 3 is 2.19 bits per heavy atom. The summed E-state index contributed by atoms with van der Waals surface area (Å²) >= 11 is 0. The molecule has 2 amide bonds. The van der Waals surface area contributed by atoms with Crippen molar-refractivity contribution in [3.05, 3.63) is 12.7 Å². The molecular formula is C20H36N2O5. The molecule has 27 heavy (non-hydrogen) atoms. The van der Waals surface area contributed by atoms with E-state index in [1.807, 2.05) is 6.08 Å². The highest BCUT2D eigenvalue weighted by Crippen LogP contribution is 2.11. The summed E-state index contributed by atoms with van der Waals surface area (Å²) in [5.74, 6) is -0.962. The number of amides is 2. The Labute approximate surface area is 163 Å². The van der Waals surface area contributed by atoms with Crippen molar-refractivity contribution in [3.8, 4) is 0 Å². The Kier molecular flexibility index (Phi) is 13.0. The molecule has 0 saturated carbocycles. The molecule has 0 radical (unpaired) electrons. The number of nitrogens with one attached hydrogen (secondary N) is 2. The lowest BCUT2D eigenvalue weighted by atomic mass is 10.0. The van der Waals surface area contributed by atoms with E-state index in [-0.39, 0.29) is 6.54 Å². The third-order valence-electron chi connectivity index (χ3n) is 3.79. The maximum Gasteiger partial charge on any atom is 0.408 e. The van der Waals surface area contributed by atoms with Crippen LogP contribution in [0.2, 0.25) is 0 Å². The quantitative estimate of drug-likeness (QED) is 0.288. The van der Waals surface area contributed by atoms with E-state index >= 15 is 0 Å². The van der Waals surface area contributed by atoms with Gasteiger partial charge in [0.1, 0.15) is 18.2 Å². The van der Waals surface area contributed by atoms with Crippen LogP contribution in [0.15, 0.2) is 12.7 Å². The fourth-order valence-corrected chi connectivity index (χ4v) is 2.42. The predicted octanol–water partition coefficient (Wildman–Crippen LogP) is 3.48. The van der Waals surface area contributed by atoms with Gasteiger partial charge < -0.3 is 20.1 Å². The first-order valence-electron chi connectivity index (χ1n) is 9.64. The molecule has 7 heteroatoms. The molecule has 7 nitrogen and oxygen atoms in total. The average Bonchev–Trinajstić information content (AvgIpc) is 2.58. The Morgan fingerprint density at radius 2 is 1.63 bits per heavy atom. The minimum absolute atomic E-state index is 0.231. The van der Waals surface area contributed by atoms with Crippen LogP contribution in [0, 0.1) is 0 Å². The first-order valence-corrected chi connectivity index (χ1v) is 9.64. The van der Waals surface area contributed by atoms with Crippen molar-refractivity contribution in [1.29, 1.82) is 0 Å². The number of alkyl carbamates (subject to hydrolysis) is 1. The molecule has 0 spiro atoms. The average molecular weight is 385 g/mol. The number of carbonyl (C=O) groups is 3. The van der Waals surface area contributed by atoms with Crippen molar-refractivity contribution in [2.75, 3.05) is 13.7 Å². The molecule has 0 aliphatic heterocycles. The molecule has 0 unspecified atom stereocenters. The highest BCUT2D eigenvalue weighted by atomic mass is 16.6. The van der Waals surface area contributed by atoms with E-state index in [2.05, 4.69) is 21.9 Å². The fourth-order valence-electron chi connectivity index (χ4n) is 2.42. The third-order valence-corrected chi connectivity index (χ3v) is 3.79. The second-order valence-electron chi connectivity index (χ2n) is 7.48. The van der Waals surface area contributed by atoms with Crippen molar-refractivity contribution >= 4 is 18.0 Å². The minimum atomic E-state index is -0.745. The van der Waals surface area contributed by atoms with E-state index < -0.39 is 29.6 Å². The van der Waals surface area contributed by atoms with E-state index in [0.29, 0.717) is 6.42 Å². The summed E-state index contributed by atoms with van der Waals surface area (Å²) in [6.45, 7) is 8.74. The number of hydrogen-bond acceptors (Lipinski definition) is 5. The molecule has 0 aromatic rings. The molecule has 0 aliphatic rings. The lowest BCUT2D eigenvalue weighted by molar-refractivity contribution is -0.141. The van der Waals surface area contributed by atoms with Gasteiger partial charge in [0.05, 0.1) is 7.11 Å². The number of unbranched alkanes of at least 4 members (excludes halogenated alkanes) is 6. The van der Waals surface area contributed by atoms with Gasteiger partial charge >= 0.3 is 12.1 Å². The van der Waals surface area contributed by atoms with Gasteiger partial charge in [0, 0.05) is 0 Å². The molecule has 0 bridgehead atoms. The van der Waals surface area contributed by atoms with E-state index in [4.69, 9.17) is 4.74 Å². The van der Waals surface area contributed by atoms with Crippen LogP contribution in [-0.4, -0.2) is 43.3 Å². The van der Waals surface area contributed by atoms with Crippen molar-refractivity contribution in [1.82, 2.24) is 10.6 Å². The lowest BCUT2D eigenvalue weighted by Gasteiger charge is -2.23. The number of methoxy groups -OCH3 is 1. The SMILES string of the molecule is C=CCCCCCCCC[C@@H](NC(=O)OC(C)(C)C)C(=O)NCC(=O)OC. The Morgan fingerprint density at radius 1 is 1.04 bits per heavy atom. The second-order valence-corrected chi connectivity index (χ2v) is 7.48. The molecule has 0 aromatic carbocycles. The summed E-state index contributed by atoms with van der Waals surface area (Å²) in [4.78, 5) is 35.5. The Hall–Kier alpha value is -2.05. The van der Waals surface area contributed by atoms with Crippen LogP contribution in [0.3, 0.4) is 0 Å². The molecule has 156 valence electrons. The van der Waals surface area contributed by atoms with Gasteiger partial charge in [0.15, 0.2) is 0 Å². The maximum atomic E-state index is 12.3. The number of allylic oxidation sites excluding steroid dienone is 1. The number of hydrogen-bond donors (Lipinski definition) is 2. The molecule has 0 fully saturated rings. The normalized spacial score (nSPS) is 12.0. The molecule has 0 saturated heterocycles. The summed E-state index contributed by atoms with van der Waals surface area (Å²) in [6, 6.07) is -0.745. The van der Waals surface area contributed by atoms with Crippen molar-refractivity contribution in [2.45, 2.75) is 83.8 Å². The van der Waals surface area contributed by atoms with Gasteiger partial charge in [-0.25, -0.2) is 4.79 Å². The summed E-state index contributed by atoms with van der Waals surface area (Å²) in [5.41, 5.74) is -0.650. The predicted molar refractivity (Wildman–Crippen MR) is 105 cm³/mol. The lowest BCUT2D eigenvalue weighted by Crippen LogP contribution is -2.49. The highest BCUT2D eigenvalue weighted by molar-refractivity contribution is 5.88. The standard InChI is InChI=1S/C20H36N2O5/c1-6-7-8-9-10-11-12-13-14-16(18(24)21-15-17(23)26-5)22-19(25)27-20(2,3)4/h6,16H,1,7-15H2,2-5H3,(H,21,24)(H,22,25)/t16-/m1/s1. The van der Waals surface area contributed by atoms with Gasteiger partial charge in [-0.05, 0) is 40.0 Å². The Bertz CT molecular complexity index is 471. The monoisotopic (exact) mass is 384 g/mol. The maximum absolute atomic E-state index is 12.3. The number of carbonyl (C=O) groups excluding carboxylic acids is 3. The first kappa shape index (κ1) is 24.9. The van der Waals surface area contributed by atoms with Gasteiger partial charge in [-0.1, -0.05) is 38.2 Å². The zero-order valence-corrected chi connectivity index (χ0v) is 17.3. The molecular weight excluding hydrogens is 348 g/mol. The van der Waals surface area contributed by atoms with Gasteiger partial charge in [-0.3, -0.25) is 9.59 Å². The van der Waals surface area contributed by atoms with Gasteiger partial charge in [-0.15, -0.1) is 6.58 Å². The van der Waals surface area contributed by atoms with Crippen LogP contribution in [0.1, 0.15) is 72.1 Å². The largest absolute Gasteiger partial charge is 0.468 e. The summed E-state index contributed by atoms with van der Waals surface area (Å²) in [7, 11) is 1.25. The fraction of sp³-hybridized carbons (Fsp3) is 0.750. The summed E-state index contributed by atoms with van der Waals surface area (Å²) in [5, 5.41) is 5.08. The highest BCUT2D eigenvalue weighted by Gasteiger charge is 2.24. The molecule has 2 N–H and O–H groups in total. The number of ether oxygens (including phenoxy) is 2. The van der Waals surface area contributed by atoms with Crippen molar-refractivity contribution in [2.24, 2.45) is 0 Å². The summed E-state index contributed by atoms with van der Waals surface area (Å²) in [6.07, 6.45) is 9.14. The molecule has 0 aromatic heterocycles. The zero-order valence-electron chi connectivity index (χ0n) is 17.3. The molecule has 0 aliphatic carbocycles. The van der Waals surface area contributed by atoms with Crippen LogP contribution in [0.25, 0.3) is 0 Å². The summed E-state index contributed by atoms with van der Waals surface area (Å²) < 4.78 is 9.73. The Balaban J connectivity index is 4.42. The van der Waals surface area contributed by atoms with Crippen LogP contribution in [0.5, 0.6) is 0 Å². The molecule has 1 atom stereocenters. The second kappa shape index (κ2) is 14.1.